The Hall–Kier alpha value is -2.18. The smallest absolute Gasteiger partial charge is 0.268 e. The van der Waals surface area contributed by atoms with Crippen LogP contribution >= 0.6 is 23.1 Å². The van der Waals surface area contributed by atoms with E-state index in [-0.39, 0.29) is 11.1 Å². The SMILES string of the molecule is O=c1c2ccccc2sn1CCCn1sc2ccccc2c1=O. The molecule has 0 bridgehead atoms. The molecule has 0 atom stereocenters. The Morgan fingerprint density at radius 1 is 0.696 bits per heavy atom. The zero-order valence-corrected chi connectivity index (χ0v) is 13.9. The molecule has 116 valence electrons. The Bertz CT molecular complexity index is 1010. The molecule has 23 heavy (non-hydrogen) atoms. The minimum absolute atomic E-state index is 0.0642. The van der Waals surface area contributed by atoms with Crippen molar-refractivity contribution in [3.05, 3.63) is 69.2 Å². The number of rotatable bonds is 4. The molecule has 4 nitrogen and oxygen atoms in total. The average molecular weight is 342 g/mol. The van der Waals surface area contributed by atoms with Crippen LogP contribution in [0.4, 0.5) is 0 Å². The third-order valence-corrected chi connectivity index (χ3v) is 6.07. The van der Waals surface area contributed by atoms with E-state index in [4.69, 9.17) is 0 Å². The number of nitrogens with zero attached hydrogens (tertiary/aromatic N) is 2. The Morgan fingerprint density at radius 2 is 1.13 bits per heavy atom. The van der Waals surface area contributed by atoms with Crippen LogP contribution in [0.2, 0.25) is 0 Å². The number of aryl methyl sites for hydroxylation is 2. The Kier molecular flexibility index (Phi) is 3.63. The first-order valence-electron chi connectivity index (χ1n) is 7.42. The lowest BCUT2D eigenvalue weighted by Gasteiger charge is -2.01. The lowest BCUT2D eigenvalue weighted by Crippen LogP contribution is -2.17. The molecule has 0 amide bonds. The lowest BCUT2D eigenvalue weighted by molar-refractivity contribution is 0.597. The summed E-state index contributed by atoms with van der Waals surface area (Å²) in [6.45, 7) is 1.28. The van der Waals surface area contributed by atoms with Gasteiger partial charge < -0.3 is 0 Å². The van der Waals surface area contributed by atoms with Gasteiger partial charge >= 0.3 is 0 Å². The molecule has 0 radical (unpaired) electrons. The number of aromatic nitrogens is 2. The largest absolute Gasteiger partial charge is 0.268 e. The summed E-state index contributed by atoms with van der Waals surface area (Å²) in [4.78, 5) is 24.6. The molecule has 0 saturated carbocycles. The van der Waals surface area contributed by atoms with E-state index >= 15 is 0 Å². The van der Waals surface area contributed by atoms with Crippen LogP contribution in [0.1, 0.15) is 6.42 Å². The first-order valence-corrected chi connectivity index (χ1v) is 8.96. The lowest BCUT2D eigenvalue weighted by atomic mass is 10.3. The van der Waals surface area contributed by atoms with Gasteiger partial charge in [0, 0.05) is 13.1 Å². The van der Waals surface area contributed by atoms with Gasteiger partial charge in [0.25, 0.3) is 11.1 Å². The molecule has 0 unspecified atom stereocenters. The standard InChI is InChI=1S/C17H14N2O2S2/c20-16-12-6-1-3-8-14(12)22-18(16)10-5-11-19-17(21)13-7-2-4-9-15(13)23-19/h1-4,6-9H,5,10-11H2. The molecule has 0 aliphatic heterocycles. The van der Waals surface area contributed by atoms with E-state index in [0.29, 0.717) is 13.1 Å². The third-order valence-electron chi connectivity index (χ3n) is 3.83. The fourth-order valence-corrected chi connectivity index (χ4v) is 4.75. The minimum Gasteiger partial charge on any atom is -0.268 e. The molecule has 0 fully saturated rings. The number of hydrogen-bond donors (Lipinski definition) is 0. The second-order valence-electron chi connectivity index (χ2n) is 5.34. The predicted octanol–water partition coefficient (Wildman–Crippen LogP) is 3.53. The molecule has 6 heteroatoms. The van der Waals surface area contributed by atoms with Crippen LogP contribution in [0, 0.1) is 0 Å². The van der Waals surface area contributed by atoms with Gasteiger partial charge in [-0.15, -0.1) is 0 Å². The van der Waals surface area contributed by atoms with Gasteiger partial charge in [0.1, 0.15) is 0 Å². The second kappa shape index (κ2) is 5.79. The molecule has 2 aromatic carbocycles. The molecule has 0 saturated heterocycles. The van der Waals surface area contributed by atoms with Crippen LogP contribution in [0.5, 0.6) is 0 Å². The van der Waals surface area contributed by atoms with E-state index in [1.807, 2.05) is 48.5 Å². The number of hydrogen-bond acceptors (Lipinski definition) is 4. The monoisotopic (exact) mass is 342 g/mol. The highest BCUT2D eigenvalue weighted by molar-refractivity contribution is 7.14. The van der Waals surface area contributed by atoms with E-state index in [1.54, 1.807) is 7.91 Å². The zero-order chi connectivity index (χ0) is 15.8. The van der Waals surface area contributed by atoms with Gasteiger partial charge in [0.15, 0.2) is 0 Å². The normalized spacial score (nSPS) is 11.5. The van der Waals surface area contributed by atoms with Gasteiger partial charge in [-0.05, 0) is 30.7 Å². The molecule has 0 N–H and O–H groups in total. The van der Waals surface area contributed by atoms with Gasteiger partial charge in [-0.1, -0.05) is 47.3 Å². The van der Waals surface area contributed by atoms with Crippen LogP contribution in [-0.2, 0) is 13.1 Å². The van der Waals surface area contributed by atoms with Gasteiger partial charge in [0.05, 0.1) is 20.2 Å². The van der Waals surface area contributed by atoms with Crippen LogP contribution in [0.15, 0.2) is 58.1 Å². The van der Waals surface area contributed by atoms with E-state index in [1.165, 1.54) is 23.1 Å². The van der Waals surface area contributed by atoms with Crippen LogP contribution in [0.25, 0.3) is 20.2 Å². The molecule has 4 rings (SSSR count). The van der Waals surface area contributed by atoms with Crippen molar-refractivity contribution in [1.29, 1.82) is 0 Å². The summed E-state index contributed by atoms with van der Waals surface area (Å²) >= 11 is 2.98. The maximum Gasteiger partial charge on any atom is 0.268 e. The molecule has 0 aliphatic rings. The van der Waals surface area contributed by atoms with Crippen molar-refractivity contribution in [2.24, 2.45) is 0 Å². The Morgan fingerprint density at radius 3 is 1.57 bits per heavy atom. The number of benzene rings is 2. The summed E-state index contributed by atoms with van der Waals surface area (Å²) in [5, 5.41) is 1.55. The fourth-order valence-electron chi connectivity index (χ4n) is 2.69. The van der Waals surface area contributed by atoms with Gasteiger partial charge in [0.2, 0.25) is 0 Å². The first-order chi connectivity index (χ1) is 11.2. The van der Waals surface area contributed by atoms with E-state index in [0.717, 1.165) is 26.6 Å². The Labute approximate surface area is 140 Å². The van der Waals surface area contributed by atoms with Crippen molar-refractivity contribution in [2.45, 2.75) is 19.5 Å². The topological polar surface area (TPSA) is 44.0 Å². The summed E-state index contributed by atoms with van der Waals surface area (Å²) in [7, 11) is 0. The van der Waals surface area contributed by atoms with Crippen molar-refractivity contribution < 1.29 is 0 Å². The Balaban J connectivity index is 1.54. The molecule has 4 aromatic rings. The van der Waals surface area contributed by atoms with Gasteiger partial charge in [-0.25, -0.2) is 0 Å². The predicted molar refractivity (Wildman–Crippen MR) is 96.8 cm³/mol. The molecule has 0 spiro atoms. The highest BCUT2D eigenvalue weighted by Gasteiger charge is 2.08. The zero-order valence-electron chi connectivity index (χ0n) is 12.3. The van der Waals surface area contributed by atoms with Crippen molar-refractivity contribution in [3.63, 3.8) is 0 Å². The molecular weight excluding hydrogens is 328 g/mol. The highest BCUT2D eigenvalue weighted by atomic mass is 32.1. The van der Waals surface area contributed by atoms with Crippen molar-refractivity contribution in [2.75, 3.05) is 0 Å². The second-order valence-corrected chi connectivity index (χ2v) is 7.47. The van der Waals surface area contributed by atoms with Crippen molar-refractivity contribution in [1.82, 2.24) is 7.91 Å². The molecule has 2 aromatic heterocycles. The maximum atomic E-state index is 12.3. The third kappa shape index (κ3) is 2.54. The fraction of sp³-hybridized carbons (Fsp3) is 0.176. The summed E-state index contributed by atoms with van der Waals surface area (Å²) in [6.07, 6.45) is 0.763. The highest BCUT2D eigenvalue weighted by Crippen LogP contribution is 2.18. The van der Waals surface area contributed by atoms with E-state index in [2.05, 4.69) is 0 Å². The molecular formula is C17H14N2O2S2. The quantitative estimate of drug-likeness (QED) is 0.569. The molecule has 2 heterocycles. The first kappa shape index (κ1) is 14.4. The van der Waals surface area contributed by atoms with Crippen molar-refractivity contribution in [3.8, 4) is 0 Å². The maximum absolute atomic E-state index is 12.3. The summed E-state index contributed by atoms with van der Waals surface area (Å²) < 4.78 is 5.58. The summed E-state index contributed by atoms with van der Waals surface area (Å²) in [6, 6.07) is 15.3. The average Bonchev–Trinajstić information content (AvgIpc) is 3.07. The van der Waals surface area contributed by atoms with E-state index in [9.17, 15) is 9.59 Å². The van der Waals surface area contributed by atoms with Crippen LogP contribution in [-0.4, -0.2) is 7.91 Å². The molecule has 0 aliphatic carbocycles. The number of fused-ring (bicyclic) bond motifs is 2. The summed E-state index contributed by atoms with van der Waals surface area (Å²) in [5.41, 5.74) is 0.128. The minimum atomic E-state index is 0.0642. The van der Waals surface area contributed by atoms with Gasteiger partial charge in [-0.3, -0.25) is 17.5 Å². The summed E-state index contributed by atoms with van der Waals surface area (Å²) in [5.74, 6) is 0. The van der Waals surface area contributed by atoms with Crippen LogP contribution in [0.3, 0.4) is 0 Å². The van der Waals surface area contributed by atoms with E-state index < -0.39 is 0 Å². The van der Waals surface area contributed by atoms with Crippen molar-refractivity contribution >= 4 is 43.2 Å². The van der Waals surface area contributed by atoms with Crippen LogP contribution < -0.4 is 11.1 Å². The van der Waals surface area contributed by atoms with Gasteiger partial charge in [-0.2, -0.15) is 0 Å².